The predicted octanol–water partition coefficient (Wildman–Crippen LogP) is 0.320. The quantitative estimate of drug-likeness (QED) is 0.646. The first-order valence-corrected chi connectivity index (χ1v) is 9.84. The number of amides is 4. The van der Waals surface area contributed by atoms with Crippen LogP contribution in [0.5, 0.6) is 0 Å². The van der Waals surface area contributed by atoms with Gasteiger partial charge in [-0.3, -0.25) is 29.4 Å². The molecule has 2 saturated heterocycles. The Bertz CT molecular complexity index is 829. The van der Waals surface area contributed by atoms with Gasteiger partial charge in [-0.15, -0.1) is 0 Å². The monoisotopic (exact) mass is 384 g/mol. The number of piperidine rings is 1. The maximum absolute atomic E-state index is 13.1. The van der Waals surface area contributed by atoms with Crippen molar-refractivity contribution in [2.24, 2.45) is 0 Å². The second-order valence-electron chi connectivity index (χ2n) is 7.55. The summed E-state index contributed by atoms with van der Waals surface area (Å²) in [5, 5.41) is 9.10. The van der Waals surface area contributed by atoms with E-state index in [4.69, 9.17) is 0 Å². The number of nitrogens with zero attached hydrogens (tertiary/aromatic N) is 1. The Kier molecular flexibility index (Phi) is 5.23. The van der Waals surface area contributed by atoms with Crippen molar-refractivity contribution in [1.82, 2.24) is 20.9 Å². The molecule has 3 heterocycles. The largest absolute Gasteiger partial charge is 0.317 e. The van der Waals surface area contributed by atoms with Crippen molar-refractivity contribution in [1.29, 1.82) is 0 Å². The lowest BCUT2D eigenvalue weighted by Gasteiger charge is -2.27. The highest BCUT2D eigenvalue weighted by Crippen LogP contribution is 2.30. The van der Waals surface area contributed by atoms with Crippen molar-refractivity contribution >= 4 is 23.6 Å². The molecule has 0 saturated carbocycles. The normalized spacial score (nSPS) is 25.5. The molecule has 8 nitrogen and oxygen atoms in total. The topological polar surface area (TPSA) is 108 Å². The highest BCUT2D eigenvalue weighted by Gasteiger charge is 2.45. The summed E-state index contributed by atoms with van der Waals surface area (Å²) in [6.45, 7) is 2.48. The number of fused-ring (bicyclic) bond motifs is 1. The van der Waals surface area contributed by atoms with E-state index >= 15 is 0 Å². The smallest absolute Gasteiger partial charge is 0.262 e. The molecule has 3 N–H and O–H groups in total. The standard InChI is InChI=1S/C20H24N4O4/c25-16-7-6-15(18(26)23-16)24-19(27)14-5-1-3-12(17(14)20(24)28)11-22-13-4-2-9-21-10-8-13/h1,3,5,13,15,21-22H,2,4,6-11H2,(H,23,25,26). The molecule has 148 valence electrons. The van der Waals surface area contributed by atoms with Crippen LogP contribution in [-0.2, 0) is 16.1 Å². The van der Waals surface area contributed by atoms with Crippen LogP contribution < -0.4 is 16.0 Å². The van der Waals surface area contributed by atoms with Crippen LogP contribution in [0.1, 0.15) is 58.4 Å². The van der Waals surface area contributed by atoms with E-state index in [1.54, 1.807) is 12.1 Å². The van der Waals surface area contributed by atoms with E-state index in [0.717, 1.165) is 42.8 Å². The van der Waals surface area contributed by atoms with Gasteiger partial charge in [-0.25, -0.2) is 0 Å². The third kappa shape index (κ3) is 3.45. The first kappa shape index (κ1) is 18.8. The Hall–Kier alpha value is -2.58. The fraction of sp³-hybridized carbons (Fsp3) is 0.500. The third-order valence-electron chi connectivity index (χ3n) is 5.71. The van der Waals surface area contributed by atoms with Crippen molar-refractivity contribution in [3.05, 3.63) is 34.9 Å². The summed E-state index contributed by atoms with van der Waals surface area (Å²) in [6, 6.07) is 4.67. The molecule has 0 spiro atoms. The van der Waals surface area contributed by atoms with Crippen LogP contribution in [0, 0.1) is 0 Å². The van der Waals surface area contributed by atoms with Crippen LogP contribution in [0.15, 0.2) is 18.2 Å². The van der Waals surface area contributed by atoms with E-state index < -0.39 is 23.8 Å². The SMILES string of the molecule is O=C1CCC(N2C(=O)c3cccc(CNC4CCCNCC4)c3C2=O)C(=O)N1. The van der Waals surface area contributed by atoms with Crippen LogP contribution in [0.3, 0.4) is 0 Å². The van der Waals surface area contributed by atoms with E-state index in [1.807, 2.05) is 6.07 Å². The second-order valence-corrected chi connectivity index (χ2v) is 7.55. The van der Waals surface area contributed by atoms with Gasteiger partial charge in [0, 0.05) is 19.0 Å². The van der Waals surface area contributed by atoms with Gasteiger partial charge in [0.05, 0.1) is 11.1 Å². The molecular formula is C20H24N4O4. The lowest BCUT2D eigenvalue weighted by atomic mass is 10.0. The minimum Gasteiger partial charge on any atom is -0.317 e. The van der Waals surface area contributed by atoms with Gasteiger partial charge < -0.3 is 10.6 Å². The fourth-order valence-electron chi connectivity index (χ4n) is 4.21. The number of imide groups is 2. The summed E-state index contributed by atoms with van der Waals surface area (Å²) in [5.74, 6) is -1.87. The lowest BCUT2D eigenvalue weighted by Crippen LogP contribution is -2.54. The zero-order valence-electron chi connectivity index (χ0n) is 15.6. The Morgan fingerprint density at radius 1 is 1.04 bits per heavy atom. The number of hydrogen-bond donors (Lipinski definition) is 3. The summed E-state index contributed by atoms with van der Waals surface area (Å²) in [4.78, 5) is 50.5. The Morgan fingerprint density at radius 3 is 2.71 bits per heavy atom. The second kappa shape index (κ2) is 7.81. The predicted molar refractivity (Wildman–Crippen MR) is 100 cm³/mol. The summed E-state index contributed by atoms with van der Waals surface area (Å²) in [6.07, 6.45) is 3.47. The number of rotatable bonds is 4. The molecule has 0 aliphatic carbocycles. The molecule has 8 heteroatoms. The molecular weight excluding hydrogens is 360 g/mol. The maximum Gasteiger partial charge on any atom is 0.262 e. The van der Waals surface area contributed by atoms with Crippen LogP contribution in [0.25, 0.3) is 0 Å². The molecule has 2 unspecified atom stereocenters. The summed E-state index contributed by atoms with van der Waals surface area (Å²) >= 11 is 0. The first-order chi connectivity index (χ1) is 13.6. The zero-order chi connectivity index (χ0) is 19.7. The fourth-order valence-corrected chi connectivity index (χ4v) is 4.21. The Balaban J connectivity index is 1.54. The average molecular weight is 384 g/mol. The molecule has 3 aliphatic heterocycles. The van der Waals surface area contributed by atoms with Gasteiger partial charge in [0.15, 0.2) is 0 Å². The van der Waals surface area contributed by atoms with E-state index in [0.29, 0.717) is 23.7 Å². The van der Waals surface area contributed by atoms with Crippen molar-refractivity contribution < 1.29 is 19.2 Å². The summed E-state index contributed by atoms with van der Waals surface area (Å²) in [5.41, 5.74) is 1.47. The molecule has 4 amide bonds. The van der Waals surface area contributed by atoms with Crippen molar-refractivity contribution in [2.75, 3.05) is 13.1 Å². The van der Waals surface area contributed by atoms with Crippen LogP contribution in [-0.4, -0.2) is 53.7 Å². The van der Waals surface area contributed by atoms with Crippen molar-refractivity contribution in [3.63, 3.8) is 0 Å². The van der Waals surface area contributed by atoms with Gasteiger partial charge in [0.1, 0.15) is 6.04 Å². The van der Waals surface area contributed by atoms with Gasteiger partial charge in [-0.2, -0.15) is 0 Å². The Morgan fingerprint density at radius 2 is 1.89 bits per heavy atom. The maximum atomic E-state index is 13.1. The molecule has 0 bridgehead atoms. The minimum absolute atomic E-state index is 0.119. The number of nitrogens with one attached hydrogen (secondary N) is 3. The number of carbonyl (C=O) groups excluding carboxylic acids is 4. The average Bonchev–Trinajstić information content (AvgIpc) is 2.85. The summed E-state index contributed by atoms with van der Waals surface area (Å²) < 4.78 is 0. The van der Waals surface area contributed by atoms with Gasteiger partial charge in [0.2, 0.25) is 11.8 Å². The van der Waals surface area contributed by atoms with E-state index in [-0.39, 0.29) is 18.7 Å². The molecule has 2 fully saturated rings. The minimum atomic E-state index is -0.932. The van der Waals surface area contributed by atoms with Gasteiger partial charge in [0.25, 0.3) is 11.8 Å². The van der Waals surface area contributed by atoms with E-state index in [2.05, 4.69) is 16.0 Å². The number of hydrogen-bond acceptors (Lipinski definition) is 6. The summed E-state index contributed by atoms with van der Waals surface area (Å²) in [7, 11) is 0. The molecule has 1 aromatic carbocycles. The molecule has 1 aromatic rings. The van der Waals surface area contributed by atoms with Crippen molar-refractivity contribution in [3.8, 4) is 0 Å². The molecule has 28 heavy (non-hydrogen) atoms. The number of benzene rings is 1. The van der Waals surface area contributed by atoms with Gasteiger partial charge in [-0.1, -0.05) is 12.1 Å². The van der Waals surface area contributed by atoms with E-state index in [9.17, 15) is 19.2 Å². The van der Waals surface area contributed by atoms with Crippen LogP contribution >= 0.6 is 0 Å². The zero-order valence-corrected chi connectivity index (χ0v) is 15.6. The van der Waals surface area contributed by atoms with Crippen LogP contribution in [0.4, 0.5) is 0 Å². The number of carbonyl (C=O) groups is 4. The molecule has 4 rings (SSSR count). The van der Waals surface area contributed by atoms with Gasteiger partial charge >= 0.3 is 0 Å². The molecule has 0 aromatic heterocycles. The van der Waals surface area contributed by atoms with Crippen molar-refractivity contribution in [2.45, 2.75) is 50.7 Å². The highest BCUT2D eigenvalue weighted by molar-refractivity contribution is 6.24. The Labute approximate surface area is 163 Å². The third-order valence-corrected chi connectivity index (χ3v) is 5.71. The molecule has 0 radical (unpaired) electrons. The van der Waals surface area contributed by atoms with E-state index in [1.165, 1.54) is 0 Å². The van der Waals surface area contributed by atoms with Crippen LogP contribution in [0.2, 0.25) is 0 Å². The van der Waals surface area contributed by atoms with Gasteiger partial charge in [-0.05, 0) is 50.4 Å². The molecule has 3 aliphatic rings. The highest BCUT2D eigenvalue weighted by atomic mass is 16.2. The lowest BCUT2D eigenvalue weighted by molar-refractivity contribution is -0.136. The molecule has 2 atom stereocenters. The first-order valence-electron chi connectivity index (χ1n) is 9.84.